The molecule has 0 unspecified atom stereocenters. The Balaban J connectivity index is 2.57. The van der Waals surface area contributed by atoms with Crippen molar-refractivity contribution in [3.8, 4) is 11.5 Å². The van der Waals surface area contributed by atoms with Crippen molar-refractivity contribution in [3.63, 3.8) is 0 Å². The quantitative estimate of drug-likeness (QED) is 0.872. The summed E-state index contributed by atoms with van der Waals surface area (Å²) >= 11 is 0. The SMILES string of the molecule is COc1cc(C(C)C)cc(C2(CN)CC2)c1OC. The van der Waals surface area contributed by atoms with E-state index in [0.717, 1.165) is 24.3 Å². The first-order valence-corrected chi connectivity index (χ1v) is 6.54. The second-order valence-electron chi connectivity index (χ2n) is 5.44. The van der Waals surface area contributed by atoms with Crippen LogP contribution in [0.25, 0.3) is 0 Å². The van der Waals surface area contributed by atoms with Crippen LogP contribution in [-0.2, 0) is 5.41 Å². The lowest BCUT2D eigenvalue weighted by Gasteiger charge is -2.21. The van der Waals surface area contributed by atoms with Crippen LogP contribution in [0.15, 0.2) is 12.1 Å². The molecule has 18 heavy (non-hydrogen) atoms. The molecule has 3 heteroatoms. The minimum Gasteiger partial charge on any atom is -0.493 e. The highest BCUT2D eigenvalue weighted by atomic mass is 16.5. The van der Waals surface area contributed by atoms with Crippen molar-refractivity contribution in [1.82, 2.24) is 0 Å². The second kappa shape index (κ2) is 4.81. The van der Waals surface area contributed by atoms with E-state index >= 15 is 0 Å². The van der Waals surface area contributed by atoms with Gasteiger partial charge < -0.3 is 15.2 Å². The summed E-state index contributed by atoms with van der Waals surface area (Å²) in [5, 5.41) is 0. The second-order valence-corrected chi connectivity index (χ2v) is 5.44. The third kappa shape index (κ3) is 2.07. The Labute approximate surface area is 109 Å². The first kappa shape index (κ1) is 13.2. The normalized spacial score (nSPS) is 16.8. The van der Waals surface area contributed by atoms with E-state index in [1.54, 1.807) is 14.2 Å². The molecule has 0 heterocycles. The van der Waals surface area contributed by atoms with Crippen LogP contribution >= 0.6 is 0 Å². The number of rotatable bonds is 5. The lowest BCUT2D eigenvalue weighted by molar-refractivity contribution is 0.348. The van der Waals surface area contributed by atoms with E-state index in [1.165, 1.54) is 11.1 Å². The molecule has 0 aliphatic heterocycles. The zero-order valence-electron chi connectivity index (χ0n) is 11.7. The van der Waals surface area contributed by atoms with Crippen LogP contribution < -0.4 is 15.2 Å². The van der Waals surface area contributed by atoms with E-state index in [1.807, 2.05) is 0 Å². The van der Waals surface area contributed by atoms with E-state index < -0.39 is 0 Å². The van der Waals surface area contributed by atoms with E-state index in [-0.39, 0.29) is 5.41 Å². The molecule has 0 radical (unpaired) electrons. The molecule has 0 spiro atoms. The fourth-order valence-electron chi connectivity index (χ4n) is 2.45. The van der Waals surface area contributed by atoms with Crippen molar-refractivity contribution >= 4 is 0 Å². The van der Waals surface area contributed by atoms with Crippen LogP contribution in [0.3, 0.4) is 0 Å². The Hall–Kier alpha value is -1.22. The van der Waals surface area contributed by atoms with Crippen molar-refractivity contribution in [2.24, 2.45) is 5.73 Å². The maximum Gasteiger partial charge on any atom is 0.164 e. The predicted octanol–water partition coefficient (Wildman–Crippen LogP) is 2.82. The molecule has 0 saturated heterocycles. The summed E-state index contributed by atoms with van der Waals surface area (Å²) in [7, 11) is 3.39. The van der Waals surface area contributed by atoms with Crippen molar-refractivity contribution in [3.05, 3.63) is 23.3 Å². The van der Waals surface area contributed by atoms with Gasteiger partial charge in [-0.3, -0.25) is 0 Å². The molecule has 3 nitrogen and oxygen atoms in total. The van der Waals surface area contributed by atoms with Gasteiger partial charge in [0.1, 0.15) is 0 Å². The molecule has 1 aliphatic carbocycles. The maximum atomic E-state index is 5.95. The molecular formula is C15H23NO2. The zero-order valence-corrected chi connectivity index (χ0v) is 11.7. The predicted molar refractivity (Wildman–Crippen MR) is 73.6 cm³/mol. The van der Waals surface area contributed by atoms with Crippen LogP contribution in [0.4, 0.5) is 0 Å². The topological polar surface area (TPSA) is 44.5 Å². The Morgan fingerprint density at radius 3 is 2.28 bits per heavy atom. The highest BCUT2D eigenvalue weighted by molar-refractivity contribution is 5.55. The van der Waals surface area contributed by atoms with Crippen molar-refractivity contribution in [2.45, 2.75) is 38.0 Å². The van der Waals surface area contributed by atoms with Gasteiger partial charge in [0.15, 0.2) is 11.5 Å². The molecule has 1 fully saturated rings. The highest BCUT2D eigenvalue weighted by Gasteiger charge is 2.45. The average molecular weight is 249 g/mol. The lowest BCUT2D eigenvalue weighted by atomic mass is 9.90. The molecule has 2 rings (SSSR count). The summed E-state index contributed by atoms with van der Waals surface area (Å²) in [6.45, 7) is 5.05. The van der Waals surface area contributed by atoms with Gasteiger partial charge in [-0.1, -0.05) is 19.9 Å². The molecule has 100 valence electrons. The fourth-order valence-corrected chi connectivity index (χ4v) is 2.45. The number of hydrogen-bond donors (Lipinski definition) is 1. The molecule has 1 aliphatic rings. The fraction of sp³-hybridized carbons (Fsp3) is 0.600. The Morgan fingerprint density at radius 1 is 1.22 bits per heavy atom. The number of benzene rings is 1. The Kier molecular flexibility index (Phi) is 3.53. The van der Waals surface area contributed by atoms with Crippen molar-refractivity contribution in [2.75, 3.05) is 20.8 Å². The number of ether oxygens (including phenoxy) is 2. The van der Waals surface area contributed by atoms with Gasteiger partial charge in [0, 0.05) is 17.5 Å². The summed E-state index contributed by atoms with van der Waals surface area (Å²) in [6.07, 6.45) is 2.29. The largest absolute Gasteiger partial charge is 0.493 e. The molecule has 0 bridgehead atoms. The number of hydrogen-bond acceptors (Lipinski definition) is 3. The smallest absolute Gasteiger partial charge is 0.164 e. The molecule has 2 N–H and O–H groups in total. The molecule has 1 aromatic carbocycles. The lowest BCUT2D eigenvalue weighted by Crippen LogP contribution is -2.21. The van der Waals surface area contributed by atoms with Gasteiger partial charge in [0.2, 0.25) is 0 Å². The molecule has 0 aromatic heterocycles. The number of nitrogens with two attached hydrogens (primary N) is 1. The first-order valence-electron chi connectivity index (χ1n) is 6.54. The molecule has 0 amide bonds. The van der Waals surface area contributed by atoms with Gasteiger partial charge in [-0.05, 0) is 30.4 Å². The first-order chi connectivity index (χ1) is 8.57. The van der Waals surface area contributed by atoms with E-state index in [0.29, 0.717) is 12.5 Å². The van der Waals surface area contributed by atoms with Gasteiger partial charge in [0.25, 0.3) is 0 Å². The summed E-state index contributed by atoms with van der Waals surface area (Å²) in [6, 6.07) is 4.31. The maximum absolute atomic E-state index is 5.95. The zero-order chi connectivity index (χ0) is 13.3. The summed E-state index contributed by atoms with van der Waals surface area (Å²) in [5.41, 5.74) is 8.56. The van der Waals surface area contributed by atoms with E-state index in [4.69, 9.17) is 15.2 Å². The standard InChI is InChI=1S/C15H23NO2/c1-10(2)11-7-12(15(9-16)5-6-15)14(18-4)13(8-11)17-3/h7-8,10H,5-6,9,16H2,1-4H3. The van der Waals surface area contributed by atoms with Gasteiger partial charge in [-0.15, -0.1) is 0 Å². The van der Waals surface area contributed by atoms with Gasteiger partial charge in [-0.2, -0.15) is 0 Å². The Morgan fingerprint density at radius 2 is 1.89 bits per heavy atom. The molecule has 1 saturated carbocycles. The van der Waals surface area contributed by atoms with E-state index in [9.17, 15) is 0 Å². The van der Waals surface area contributed by atoms with Gasteiger partial charge in [-0.25, -0.2) is 0 Å². The average Bonchev–Trinajstić information content (AvgIpc) is 3.17. The highest BCUT2D eigenvalue weighted by Crippen LogP contribution is 2.53. The van der Waals surface area contributed by atoms with Crippen LogP contribution in [0.1, 0.15) is 43.7 Å². The minimum absolute atomic E-state index is 0.115. The summed E-state index contributed by atoms with van der Waals surface area (Å²) < 4.78 is 11.0. The van der Waals surface area contributed by atoms with Crippen LogP contribution in [-0.4, -0.2) is 20.8 Å². The van der Waals surface area contributed by atoms with Crippen molar-refractivity contribution < 1.29 is 9.47 Å². The minimum atomic E-state index is 0.115. The third-order valence-electron chi connectivity index (χ3n) is 3.98. The van der Waals surface area contributed by atoms with Gasteiger partial charge >= 0.3 is 0 Å². The van der Waals surface area contributed by atoms with Crippen LogP contribution in [0, 0.1) is 0 Å². The monoisotopic (exact) mass is 249 g/mol. The molecule has 1 aromatic rings. The van der Waals surface area contributed by atoms with Crippen LogP contribution in [0.2, 0.25) is 0 Å². The van der Waals surface area contributed by atoms with Crippen molar-refractivity contribution in [1.29, 1.82) is 0 Å². The molecular weight excluding hydrogens is 226 g/mol. The third-order valence-corrected chi connectivity index (χ3v) is 3.98. The number of methoxy groups -OCH3 is 2. The Bertz CT molecular complexity index is 436. The van der Waals surface area contributed by atoms with E-state index in [2.05, 4.69) is 26.0 Å². The molecule has 0 atom stereocenters. The summed E-state index contributed by atoms with van der Waals surface area (Å²) in [4.78, 5) is 0. The van der Waals surface area contributed by atoms with Crippen LogP contribution in [0.5, 0.6) is 11.5 Å². The van der Waals surface area contributed by atoms with Gasteiger partial charge in [0.05, 0.1) is 14.2 Å². The summed E-state index contributed by atoms with van der Waals surface area (Å²) in [5.74, 6) is 2.14.